The Morgan fingerprint density at radius 2 is 1.79 bits per heavy atom. The summed E-state index contributed by atoms with van der Waals surface area (Å²) >= 11 is 0. The Balaban J connectivity index is 1.91. The van der Waals surface area contributed by atoms with Gasteiger partial charge in [-0.25, -0.2) is 0 Å². The maximum Gasteiger partial charge on any atom is 0.0599 e. The molecule has 0 aromatic carbocycles. The summed E-state index contributed by atoms with van der Waals surface area (Å²) in [6.45, 7) is 4.12. The molecule has 14 heavy (non-hydrogen) atoms. The van der Waals surface area contributed by atoms with E-state index in [2.05, 4.69) is 11.9 Å². The maximum absolute atomic E-state index is 5.80. The molecular weight excluding hydrogens is 178 g/mol. The highest BCUT2D eigenvalue weighted by Crippen LogP contribution is 2.12. The first-order valence-electron chi connectivity index (χ1n) is 5.62. The van der Waals surface area contributed by atoms with E-state index in [1.54, 1.807) is 7.11 Å². The van der Waals surface area contributed by atoms with Crippen LogP contribution >= 0.6 is 0 Å². The van der Waals surface area contributed by atoms with E-state index in [4.69, 9.17) is 9.47 Å². The zero-order chi connectivity index (χ0) is 10.2. The molecule has 1 aliphatic rings. The Bertz CT molecular complexity index is 133. The minimum atomic E-state index is 0.508. The van der Waals surface area contributed by atoms with Crippen LogP contribution in [0.15, 0.2) is 0 Å². The molecule has 3 nitrogen and oxygen atoms in total. The lowest BCUT2D eigenvalue weighted by atomic mass is 10.1. The van der Waals surface area contributed by atoms with Gasteiger partial charge in [0.15, 0.2) is 0 Å². The van der Waals surface area contributed by atoms with E-state index in [1.807, 2.05) is 0 Å². The van der Waals surface area contributed by atoms with Crippen LogP contribution in [0.2, 0.25) is 0 Å². The fourth-order valence-electron chi connectivity index (χ4n) is 1.75. The molecule has 0 bridgehead atoms. The number of methoxy groups -OCH3 is 1. The molecule has 1 rings (SSSR count). The number of likely N-dealkylation sites (tertiary alicyclic amines) is 1. The third kappa shape index (κ3) is 4.94. The van der Waals surface area contributed by atoms with Gasteiger partial charge in [-0.3, -0.25) is 0 Å². The second-order valence-corrected chi connectivity index (χ2v) is 4.07. The first-order chi connectivity index (χ1) is 6.83. The number of hydrogen-bond donors (Lipinski definition) is 0. The molecule has 1 heterocycles. The van der Waals surface area contributed by atoms with Crippen molar-refractivity contribution < 1.29 is 9.47 Å². The van der Waals surface area contributed by atoms with Crippen molar-refractivity contribution in [2.75, 3.05) is 40.5 Å². The fourth-order valence-corrected chi connectivity index (χ4v) is 1.75. The number of rotatable bonds is 6. The van der Waals surface area contributed by atoms with E-state index in [-0.39, 0.29) is 0 Å². The SMILES string of the molecule is COCCCCOC1CCN(C)CC1. The number of unbranched alkanes of at least 4 members (excludes halogenated alkanes) is 1. The van der Waals surface area contributed by atoms with Gasteiger partial charge >= 0.3 is 0 Å². The van der Waals surface area contributed by atoms with Gasteiger partial charge in [-0.1, -0.05) is 0 Å². The molecule has 0 aliphatic carbocycles. The Morgan fingerprint density at radius 1 is 1.14 bits per heavy atom. The molecule has 0 amide bonds. The minimum Gasteiger partial charge on any atom is -0.385 e. The summed E-state index contributed by atoms with van der Waals surface area (Å²) < 4.78 is 10.8. The molecule has 84 valence electrons. The standard InChI is InChI=1S/C11H23NO2/c1-12-7-5-11(6-8-12)14-10-4-3-9-13-2/h11H,3-10H2,1-2H3. The molecule has 0 aromatic rings. The summed E-state index contributed by atoms with van der Waals surface area (Å²) in [4.78, 5) is 2.37. The summed E-state index contributed by atoms with van der Waals surface area (Å²) in [6, 6.07) is 0. The molecule has 0 N–H and O–H groups in total. The van der Waals surface area contributed by atoms with Gasteiger partial charge in [-0.2, -0.15) is 0 Å². The highest BCUT2D eigenvalue weighted by Gasteiger charge is 2.16. The van der Waals surface area contributed by atoms with Gasteiger partial charge in [0.25, 0.3) is 0 Å². The summed E-state index contributed by atoms with van der Waals surface area (Å²) in [5.41, 5.74) is 0. The second-order valence-electron chi connectivity index (χ2n) is 4.07. The predicted octanol–water partition coefficient (Wildman–Crippen LogP) is 1.52. The average Bonchev–Trinajstić information content (AvgIpc) is 2.21. The normalized spacial score (nSPS) is 20.1. The van der Waals surface area contributed by atoms with Gasteiger partial charge in [0.05, 0.1) is 6.10 Å². The van der Waals surface area contributed by atoms with Crippen LogP contribution < -0.4 is 0 Å². The number of nitrogens with zero attached hydrogens (tertiary/aromatic N) is 1. The van der Waals surface area contributed by atoms with E-state index in [9.17, 15) is 0 Å². The molecule has 0 atom stereocenters. The Hall–Kier alpha value is -0.120. The predicted molar refractivity (Wildman–Crippen MR) is 57.6 cm³/mol. The van der Waals surface area contributed by atoms with Crippen molar-refractivity contribution in [1.82, 2.24) is 4.90 Å². The molecular formula is C11H23NO2. The third-order valence-corrected chi connectivity index (χ3v) is 2.76. The smallest absolute Gasteiger partial charge is 0.0599 e. The Morgan fingerprint density at radius 3 is 2.43 bits per heavy atom. The van der Waals surface area contributed by atoms with E-state index in [1.165, 1.54) is 25.9 Å². The van der Waals surface area contributed by atoms with E-state index in [0.29, 0.717) is 6.10 Å². The molecule has 0 aromatic heterocycles. The van der Waals surface area contributed by atoms with Crippen LogP contribution in [-0.2, 0) is 9.47 Å². The Labute approximate surface area is 87.4 Å². The van der Waals surface area contributed by atoms with Crippen LogP contribution in [-0.4, -0.2) is 51.5 Å². The topological polar surface area (TPSA) is 21.7 Å². The fraction of sp³-hybridized carbons (Fsp3) is 1.00. The highest BCUT2D eigenvalue weighted by atomic mass is 16.5. The van der Waals surface area contributed by atoms with Gasteiger partial charge in [0, 0.05) is 33.4 Å². The van der Waals surface area contributed by atoms with Crippen LogP contribution in [0.5, 0.6) is 0 Å². The second kappa shape index (κ2) is 7.21. The maximum atomic E-state index is 5.80. The van der Waals surface area contributed by atoms with E-state index >= 15 is 0 Å². The van der Waals surface area contributed by atoms with Crippen LogP contribution in [0.1, 0.15) is 25.7 Å². The third-order valence-electron chi connectivity index (χ3n) is 2.76. The van der Waals surface area contributed by atoms with Gasteiger partial charge < -0.3 is 14.4 Å². The van der Waals surface area contributed by atoms with E-state index in [0.717, 1.165) is 26.1 Å². The number of piperidine rings is 1. The highest BCUT2D eigenvalue weighted by molar-refractivity contribution is 4.69. The first kappa shape index (κ1) is 12.0. The van der Waals surface area contributed by atoms with Crippen molar-refractivity contribution in [3.05, 3.63) is 0 Å². The molecule has 0 radical (unpaired) electrons. The molecule has 0 spiro atoms. The summed E-state index contributed by atoms with van der Waals surface area (Å²) in [7, 11) is 3.92. The van der Waals surface area contributed by atoms with Gasteiger partial charge in [-0.15, -0.1) is 0 Å². The zero-order valence-corrected chi connectivity index (χ0v) is 9.50. The van der Waals surface area contributed by atoms with Crippen molar-refractivity contribution in [2.24, 2.45) is 0 Å². The monoisotopic (exact) mass is 201 g/mol. The van der Waals surface area contributed by atoms with Crippen molar-refractivity contribution in [1.29, 1.82) is 0 Å². The van der Waals surface area contributed by atoms with Crippen LogP contribution in [0, 0.1) is 0 Å². The summed E-state index contributed by atoms with van der Waals surface area (Å²) in [5.74, 6) is 0. The number of ether oxygens (including phenoxy) is 2. The van der Waals surface area contributed by atoms with Crippen LogP contribution in [0.25, 0.3) is 0 Å². The molecule has 0 unspecified atom stereocenters. The lowest BCUT2D eigenvalue weighted by molar-refractivity contribution is 0.00904. The van der Waals surface area contributed by atoms with Crippen LogP contribution in [0.4, 0.5) is 0 Å². The largest absolute Gasteiger partial charge is 0.385 e. The average molecular weight is 201 g/mol. The zero-order valence-electron chi connectivity index (χ0n) is 9.50. The number of hydrogen-bond acceptors (Lipinski definition) is 3. The van der Waals surface area contributed by atoms with E-state index < -0.39 is 0 Å². The lowest BCUT2D eigenvalue weighted by Crippen LogP contribution is -2.34. The van der Waals surface area contributed by atoms with Crippen molar-refractivity contribution >= 4 is 0 Å². The molecule has 1 aliphatic heterocycles. The summed E-state index contributed by atoms with van der Waals surface area (Å²) in [5, 5.41) is 0. The minimum absolute atomic E-state index is 0.508. The van der Waals surface area contributed by atoms with Crippen LogP contribution in [0.3, 0.4) is 0 Å². The molecule has 1 fully saturated rings. The quantitative estimate of drug-likeness (QED) is 0.608. The Kier molecular flexibility index (Phi) is 6.15. The lowest BCUT2D eigenvalue weighted by Gasteiger charge is -2.28. The molecule has 1 saturated heterocycles. The summed E-state index contributed by atoms with van der Waals surface area (Å²) in [6.07, 6.45) is 5.14. The molecule has 0 saturated carbocycles. The van der Waals surface area contributed by atoms with Crippen molar-refractivity contribution in [2.45, 2.75) is 31.8 Å². The van der Waals surface area contributed by atoms with Gasteiger partial charge in [0.1, 0.15) is 0 Å². The van der Waals surface area contributed by atoms with Crippen molar-refractivity contribution in [3.63, 3.8) is 0 Å². The van der Waals surface area contributed by atoms with Crippen molar-refractivity contribution in [3.8, 4) is 0 Å². The first-order valence-corrected chi connectivity index (χ1v) is 5.62. The molecule has 3 heteroatoms. The van der Waals surface area contributed by atoms with Gasteiger partial charge in [0.2, 0.25) is 0 Å². The van der Waals surface area contributed by atoms with Gasteiger partial charge in [-0.05, 0) is 32.7 Å².